The molecular formula is C15H24N4O. The number of rotatable bonds is 6. The molecule has 5 heteroatoms. The second-order valence-corrected chi connectivity index (χ2v) is 4.59. The van der Waals surface area contributed by atoms with Crippen LogP contribution in [0.25, 0.3) is 0 Å². The normalized spacial score (nSPS) is 11.1. The molecule has 0 heterocycles. The number of hydrogen-bond donors (Lipinski definition) is 2. The summed E-state index contributed by atoms with van der Waals surface area (Å²) in [6.07, 6.45) is 2.24. The van der Waals surface area contributed by atoms with E-state index in [0.29, 0.717) is 0 Å². The van der Waals surface area contributed by atoms with E-state index in [1.807, 2.05) is 42.3 Å². The average molecular weight is 276 g/mol. The molecule has 110 valence electrons. The van der Waals surface area contributed by atoms with Crippen molar-refractivity contribution in [2.75, 3.05) is 32.5 Å². The zero-order valence-electron chi connectivity index (χ0n) is 12.5. The Morgan fingerprint density at radius 1 is 1.30 bits per heavy atom. The van der Waals surface area contributed by atoms with Gasteiger partial charge in [-0.15, -0.1) is 0 Å². The highest BCUT2D eigenvalue weighted by atomic mass is 16.1. The summed E-state index contributed by atoms with van der Waals surface area (Å²) < 4.78 is 0. The van der Waals surface area contributed by atoms with E-state index in [-0.39, 0.29) is 12.5 Å². The smallest absolute Gasteiger partial charge is 0.243 e. The maximum Gasteiger partial charge on any atom is 0.243 e. The van der Waals surface area contributed by atoms with Crippen molar-refractivity contribution in [2.45, 2.75) is 19.8 Å². The van der Waals surface area contributed by atoms with Gasteiger partial charge in [0.25, 0.3) is 0 Å². The first-order valence-electron chi connectivity index (χ1n) is 6.94. The third kappa shape index (κ3) is 5.73. The van der Waals surface area contributed by atoms with Gasteiger partial charge in [0, 0.05) is 26.3 Å². The maximum atomic E-state index is 11.8. The van der Waals surface area contributed by atoms with Crippen LogP contribution in [-0.2, 0) is 4.79 Å². The molecule has 0 aliphatic carbocycles. The molecule has 0 aromatic heterocycles. The monoisotopic (exact) mass is 276 g/mol. The molecule has 1 rings (SSSR count). The summed E-state index contributed by atoms with van der Waals surface area (Å²) >= 11 is 0. The summed E-state index contributed by atoms with van der Waals surface area (Å²) in [7, 11) is 3.69. The van der Waals surface area contributed by atoms with Crippen LogP contribution >= 0.6 is 0 Å². The molecule has 5 nitrogen and oxygen atoms in total. The lowest BCUT2D eigenvalue weighted by Gasteiger charge is -2.21. The van der Waals surface area contributed by atoms with E-state index in [2.05, 4.69) is 22.5 Å². The molecule has 0 aliphatic rings. The third-order valence-electron chi connectivity index (χ3n) is 2.89. The van der Waals surface area contributed by atoms with Gasteiger partial charge in [-0.25, -0.2) is 0 Å². The van der Waals surface area contributed by atoms with Gasteiger partial charge in [0.05, 0.1) is 6.54 Å². The maximum absolute atomic E-state index is 11.8. The SMILES string of the molecule is CCCCN(C)C(=NC)NCC(=O)Nc1ccccc1. The second-order valence-electron chi connectivity index (χ2n) is 4.59. The highest BCUT2D eigenvalue weighted by Gasteiger charge is 2.07. The Kier molecular flexibility index (Phi) is 7.17. The molecule has 20 heavy (non-hydrogen) atoms. The number of unbranched alkanes of at least 4 members (excludes halogenated alkanes) is 1. The fraction of sp³-hybridized carbons (Fsp3) is 0.467. The van der Waals surface area contributed by atoms with E-state index in [9.17, 15) is 4.79 Å². The van der Waals surface area contributed by atoms with Crippen molar-refractivity contribution in [1.29, 1.82) is 0 Å². The predicted molar refractivity (Wildman–Crippen MR) is 84.0 cm³/mol. The number of carbonyl (C=O) groups excluding carboxylic acids is 1. The van der Waals surface area contributed by atoms with Crippen molar-refractivity contribution in [3.8, 4) is 0 Å². The Morgan fingerprint density at radius 2 is 2.00 bits per heavy atom. The Hall–Kier alpha value is -2.04. The molecule has 1 aromatic rings. The minimum absolute atomic E-state index is 0.0822. The van der Waals surface area contributed by atoms with Crippen molar-refractivity contribution in [3.05, 3.63) is 30.3 Å². The van der Waals surface area contributed by atoms with Crippen LogP contribution in [0.5, 0.6) is 0 Å². The zero-order chi connectivity index (χ0) is 14.8. The summed E-state index contributed by atoms with van der Waals surface area (Å²) in [5.41, 5.74) is 0.800. The highest BCUT2D eigenvalue weighted by Crippen LogP contribution is 2.04. The van der Waals surface area contributed by atoms with Crippen LogP contribution in [-0.4, -0.2) is 44.0 Å². The Morgan fingerprint density at radius 3 is 2.60 bits per heavy atom. The number of para-hydroxylation sites is 1. The van der Waals surface area contributed by atoms with Crippen LogP contribution in [0.2, 0.25) is 0 Å². The van der Waals surface area contributed by atoms with E-state index < -0.39 is 0 Å². The summed E-state index contributed by atoms with van der Waals surface area (Å²) in [6.45, 7) is 3.28. The summed E-state index contributed by atoms with van der Waals surface area (Å²) in [4.78, 5) is 18.0. The van der Waals surface area contributed by atoms with E-state index in [1.165, 1.54) is 0 Å². The van der Waals surface area contributed by atoms with Crippen molar-refractivity contribution in [1.82, 2.24) is 10.2 Å². The lowest BCUT2D eigenvalue weighted by Crippen LogP contribution is -2.42. The Labute approximate surface area is 121 Å². The van der Waals surface area contributed by atoms with Crippen LogP contribution in [0.3, 0.4) is 0 Å². The van der Waals surface area contributed by atoms with E-state index >= 15 is 0 Å². The number of nitrogens with zero attached hydrogens (tertiary/aromatic N) is 2. The summed E-state index contributed by atoms with van der Waals surface area (Å²) in [5.74, 6) is 0.655. The number of nitrogens with one attached hydrogen (secondary N) is 2. The number of carbonyl (C=O) groups is 1. The largest absolute Gasteiger partial charge is 0.347 e. The van der Waals surface area contributed by atoms with Crippen LogP contribution < -0.4 is 10.6 Å². The zero-order valence-corrected chi connectivity index (χ0v) is 12.5. The molecule has 0 saturated heterocycles. The first-order chi connectivity index (χ1) is 9.67. The molecule has 0 spiro atoms. The highest BCUT2D eigenvalue weighted by molar-refractivity contribution is 5.94. The molecule has 0 fully saturated rings. The molecule has 2 N–H and O–H groups in total. The van der Waals surface area contributed by atoms with Gasteiger partial charge >= 0.3 is 0 Å². The Balaban J connectivity index is 2.39. The molecule has 0 atom stereocenters. The van der Waals surface area contributed by atoms with Crippen molar-refractivity contribution in [2.24, 2.45) is 4.99 Å². The van der Waals surface area contributed by atoms with Crippen LogP contribution in [0.15, 0.2) is 35.3 Å². The fourth-order valence-corrected chi connectivity index (χ4v) is 1.77. The number of benzene rings is 1. The molecular weight excluding hydrogens is 252 g/mol. The molecule has 0 saturated carbocycles. The molecule has 0 unspecified atom stereocenters. The number of hydrogen-bond acceptors (Lipinski definition) is 2. The van der Waals surface area contributed by atoms with Crippen molar-refractivity contribution in [3.63, 3.8) is 0 Å². The molecule has 1 aromatic carbocycles. The van der Waals surface area contributed by atoms with Crippen molar-refractivity contribution >= 4 is 17.6 Å². The fourth-order valence-electron chi connectivity index (χ4n) is 1.77. The minimum Gasteiger partial charge on any atom is -0.347 e. The molecule has 0 aliphatic heterocycles. The number of amides is 1. The van der Waals surface area contributed by atoms with Gasteiger partial charge in [-0.3, -0.25) is 9.79 Å². The third-order valence-corrected chi connectivity index (χ3v) is 2.89. The molecule has 0 bridgehead atoms. The second kappa shape index (κ2) is 8.96. The molecule has 1 amide bonds. The van der Waals surface area contributed by atoms with Gasteiger partial charge in [-0.2, -0.15) is 0 Å². The number of aliphatic imine (C=N–C) groups is 1. The predicted octanol–water partition coefficient (Wildman–Crippen LogP) is 1.93. The van der Waals surface area contributed by atoms with Gasteiger partial charge in [0.15, 0.2) is 5.96 Å². The van der Waals surface area contributed by atoms with Gasteiger partial charge < -0.3 is 15.5 Å². The topological polar surface area (TPSA) is 56.7 Å². The molecule has 0 radical (unpaired) electrons. The summed E-state index contributed by atoms with van der Waals surface area (Å²) in [6, 6.07) is 9.42. The van der Waals surface area contributed by atoms with E-state index in [0.717, 1.165) is 31.0 Å². The summed E-state index contributed by atoms with van der Waals surface area (Å²) in [5, 5.41) is 5.89. The van der Waals surface area contributed by atoms with Crippen LogP contribution in [0.4, 0.5) is 5.69 Å². The Bertz CT molecular complexity index is 431. The van der Waals surface area contributed by atoms with E-state index in [4.69, 9.17) is 0 Å². The van der Waals surface area contributed by atoms with Gasteiger partial charge in [-0.1, -0.05) is 31.5 Å². The first kappa shape index (κ1) is 16.0. The van der Waals surface area contributed by atoms with Crippen molar-refractivity contribution < 1.29 is 4.79 Å². The minimum atomic E-state index is -0.0822. The lowest BCUT2D eigenvalue weighted by atomic mass is 10.3. The average Bonchev–Trinajstić information content (AvgIpc) is 2.46. The van der Waals surface area contributed by atoms with E-state index in [1.54, 1.807) is 7.05 Å². The number of anilines is 1. The first-order valence-corrected chi connectivity index (χ1v) is 6.94. The van der Waals surface area contributed by atoms with Crippen LogP contribution in [0, 0.1) is 0 Å². The standard InChI is InChI=1S/C15H24N4O/c1-4-5-11-19(3)15(16-2)17-12-14(20)18-13-9-7-6-8-10-13/h6-10H,4-5,11-12H2,1-3H3,(H,16,17)(H,18,20). The lowest BCUT2D eigenvalue weighted by molar-refractivity contribution is -0.115. The number of guanidine groups is 1. The van der Waals surface area contributed by atoms with Gasteiger partial charge in [0.2, 0.25) is 5.91 Å². The van der Waals surface area contributed by atoms with Gasteiger partial charge in [-0.05, 0) is 18.6 Å². The quantitative estimate of drug-likeness (QED) is 0.616. The van der Waals surface area contributed by atoms with Gasteiger partial charge in [0.1, 0.15) is 0 Å². The van der Waals surface area contributed by atoms with Crippen LogP contribution in [0.1, 0.15) is 19.8 Å².